The van der Waals surface area contributed by atoms with E-state index in [1.807, 2.05) is 0 Å². The molecule has 0 radical (unpaired) electrons. The number of halogens is 2. The van der Waals surface area contributed by atoms with Gasteiger partial charge in [-0.1, -0.05) is 29.3 Å². The fourth-order valence-electron chi connectivity index (χ4n) is 2.06. The van der Waals surface area contributed by atoms with E-state index in [-0.39, 0.29) is 5.76 Å². The number of carboxylic acid groups (broad SMARTS) is 1. The van der Waals surface area contributed by atoms with Crippen molar-refractivity contribution in [1.82, 2.24) is 0 Å². The molecule has 1 aromatic heterocycles. The summed E-state index contributed by atoms with van der Waals surface area (Å²) in [7, 11) is 0. The summed E-state index contributed by atoms with van der Waals surface area (Å²) >= 11 is 11.8. The molecule has 23 heavy (non-hydrogen) atoms. The Bertz CT molecular complexity index is 933. The van der Waals surface area contributed by atoms with E-state index in [0.717, 1.165) is 0 Å². The predicted molar refractivity (Wildman–Crippen MR) is 87.6 cm³/mol. The van der Waals surface area contributed by atoms with Crippen molar-refractivity contribution in [2.24, 2.45) is 0 Å². The summed E-state index contributed by atoms with van der Waals surface area (Å²) in [5, 5.41) is 13.0. The minimum atomic E-state index is -1.17. The number of aromatic carboxylic acids is 1. The fraction of sp³-hybridized carbons (Fsp3) is 0. The highest BCUT2D eigenvalue weighted by Gasteiger charge is 2.14. The van der Waals surface area contributed by atoms with Crippen LogP contribution in [0.5, 0.6) is 0 Å². The largest absolute Gasteiger partial charge is 0.475 e. The van der Waals surface area contributed by atoms with Crippen molar-refractivity contribution in [3.63, 3.8) is 0 Å². The third-order valence-corrected chi connectivity index (χ3v) is 3.72. The third-order valence-electron chi connectivity index (χ3n) is 3.17. The van der Waals surface area contributed by atoms with E-state index in [0.29, 0.717) is 32.3 Å². The van der Waals surface area contributed by atoms with Crippen molar-refractivity contribution in [3.8, 4) is 0 Å². The average Bonchev–Trinajstić information content (AvgIpc) is 2.93. The predicted octanol–water partition coefficient (Wildman–Crippen LogP) is 4.69. The van der Waals surface area contributed by atoms with Gasteiger partial charge in [0.2, 0.25) is 5.76 Å². The number of anilines is 1. The van der Waals surface area contributed by atoms with Crippen LogP contribution < -0.4 is 5.32 Å². The second-order valence-corrected chi connectivity index (χ2v) is 5.59. The number of nitrogens with one attached hydrogen (secondary N) is 1. The highest BCUT2D eigenvalue weighted by atomic mass is 35.5. The maximum absolute atomic E-state index is 12.3. The highest BCUT2D eigenvalue weighted by Crippen LogP contribution is 2.26. The number of hydrogen-bond acceptors (Lipinski definition) is 3. The Kier molecular flexibility index (Phi) is 3.98. The van der Waals surface area contributed by atoms with Gasteiger partial charge in [0.05, 0.1) is 10.7 Å². The normalized spacial score (nSPS) is 10.7. The first-order chi connectivity index (χ1) is 10.9. The van der Waals surface area contributed by atoms with Gasteiger partial charge in [0.1, 0.15) is 5.58 Å². The van der Waals surface area contributed by atoms with Gasteiger partial charge in [-0.15, -0.1) is 0 Å². The lowest BCUT2D eigenvalue weighted by Gasteiger charge is -2.07. The number of carboxylic acids is 1. The number of furan rings is 1. The Morgan fingerprint density at radius 2 is 1.83 bits per heavy atom. The average molecular weight is 350 g/mol. The lowest BCUT2D eigenvalue weighted by Crippen LogP contribution is -2.11. The van der Waals surface area contributed by atoms with E-state index in [9.17, 15) is 9.59 Å². The zero-order valence-corrected chi connectivity index (χ0v) is 13.0. The quantitative estimate of drug-likeness (QED) is 0.718. The SMILES string of the molecule is O=C(Nc1ccc(Cl)cc1Cl)c1ccc2cc(C(=O)O)oc2c1. The molecule has 0 unspecified atom stereocenters. The van der Waals surface area contributed by atoms with Gasteiger partial charge in [0.15, 0.2) is 0 Å². The Labute approximate surface area is 140 Å². The molecule has 0 bridgehead atoms. The van der Waals surface area contributed by atoms with Crippen molar-refractivity contribution >= 4 is 51.7 Å². The molecule has 0 aliphatic heterocycles. The van der Waals surface area contributed by atoms with Crippen LogP contribution in [0.4, 0.5) is 5.69 Å². The Balaban J connectivity index is 1.89. The molecule has 3 aromatic rings. The molecule has 0 aliphatic carbocycles. The lowest BCUT2D eigenvalue weighted by atomic mass is 10.1. The molecular weight excluding hydrogens is 341 g/mol. The van der Waals surface area contributed by atoms with Crippen LogP contribution in [-0.2, 0) is 0 Å². The van der Waals surface area contributed by atoms with E-state index in [2.05, 4.69) is 5.32 Å². The number of fused-ring (bicyclic) bond motifs is 1. The van der Waals surface area contributed by atoms with Crippen LogP contribution >= 0.6 is 23.2 Å². The minimum Gasteiger partial charge on any atom is -0.475 e. The smallest absolute Gasteiger partial charge is 0.371 e. The van der Waals surface area contributed by atoms with E-state index >= 15 is 0 Å². The zero-order valence-electron chi connectivity index (χ0n) is 11.5. The van der Waals surface area contributed by atoms with Crippen molar-refractivity contribution in [2.75, 3.05) is 5.32 Å². The van der Waals surface area contributed by atoms with E-state index in [1.54, 1.807) is 24.3 Å². The Morgan fingerprint density at radius 3 is 2.52 bits per heavy atom. The first kappa shape index (κ1) is 15.4. The summed E-state index contributed by atoms with van der Waals surface area (Å²) in [4.78, 5) is 23.2. The lowest BCUT2D eigenvalue weighted by molar-refractivity contribution is 0.0665. The van der Waals surface area contributed by atoms with E-state index in [4.69, 9.17) is 32.7 Å². The first-order valence-corrected chi connectivity index (χ1v) is 7.23. The maximum Gasteiger partial charge on any atom is 0.371 e. The van der Waals surface area contributed by atoms with Crippen molar-refractivity contribution in [1.29, 1.82) is 0 Å². The topological polar surface area (TPSA) is 79.5 Å². The second kappa shape index (κ2) is 5.95. The summed E-state index contributed by atoms with van der Waals surface area (Å²) in [6, 6.07) is 10.8. The van der Waals surface area contributed by atoms with Gasteiger partial charge in [-0.3, -0.25) is 4.79 Å². The summed E-state index contributed by atoms with van der Waals surface area (Å²) in [6.45, 7) is 0. The molecule has 5 nitrogen and oxygen atoms in total. The fourth-order valence-corrected chi connectivity index (χ4v) is 2.52. The van der Waals surface area contributed by atoms with Crippen molar-refractivity contribution < 1.29 is 19.1 Å². The molecule has 7 heteroatoms. The van der Waals surface area contributed by atoms with Crippen LogP contribution in [0, 0.1) is 0 Å². The number of carbonyl (C=O) groups is 2. The molecule has 0 fully saturated rings. The number of amides is 1. The standard InChI is InChI=1S/C16H9Cl2NO4/c17-10-3-4-12(11(18)7-10)19-15(20)9-2-1-8-5-14(16(21)22)23-13(8)6-9/h1-7H,(H,19,20)(H,21,22). The first-order valence-electron chi connectivity index (χ1n) is 6.47. The van der Waals surface area contributed by atoms with Gasteiger partial charge in [-0.25, -0.2) is 4.79 Å². The van der Waals surface area contributed by atoms with Crippen molar-refractivity contribution in [2.45, 2.75) is 0 Å². The molecule has 116 valence electrons. The number of carbonyl (C=O) groups excluding carboxylic acids is 1. The zero-order chi connectivity index (χ0) is 16.6. The molecule has 2 aromatic carbocycles. The van der Waals surface area contributed by atoms with Crippen LogP contribution in [-0.4, -0.2) is 17.0 Å². The summed E-state index contributed by atoms with van der Waals surface area (Å²) < 4.78 is 5.19. The molecular formula is C16H9Cl2NO4. The summed E-state index contributed by atoms with van der Waals surface area (Å²) in [5.74, 6) is -1.75. The van der Waals surface area contributed by atoms with E-state index in [1.165, 1.54) is 18.2 Å². The molecule has 0 aliphatic rings. The van der Waals surface area contributed by atoms with Crippen LogP contribution in [0.2, 0.25) is 10.0 Å². The molecule has 0 saturated heterocycles. The number of hydrogen-bond donors (Lipinski definition) is 2. The monoisotopic (exact) mass is 349 g/mol. The van der Waals surface area contributed by atoms with Gasteiger partial charge < -0.3 is 14.8 Å². The molecule has 3 rings (SSSR count). The van der Waals surface area contributed by atoms with Gasteiger partial charge in [-0.2, -0.15) is 0 Å². The Hall–Kier alpha value is -2.50. The van der Waals surface area contributed by atoms with Gasteiger partial charge in [-0.05, 0) is 36.4 Å². The maximum atomic E-state index is 12.3. The molecule has 0 spiro atoms. The van der Waals surface area contributed by atoms with Crippen LogP contribution in [0.3, 0.4) is 0 Å². The van der Waals surface area contributed by atoms with E-state index < -0.39 is 11.9 Å². The molecule has 1 amide bonds. The molecule has 0 saturated carbocycles. The van der Waals surface area contributed by atoms with Gasteiger partial charge in [0.25, 0.3) is 5.91 Å². The van der Waals surface area contributed by atoms with Crippen LogP contribution in [0.15, 0.2) is 46.9 Å². The summed E-state index contributed by atoms with van der Waals surface area (Å²) in [6.07, 6.45) is 0. The third kappa shape index (κ3) is 3.16. The molecule has 1 heterocycles. The molecule has 0 atom stereocenters. The second-order valence-electron chi connectivity index (χ2n) is 4.75. The number of benzene rings is 2. The van der Waals surface area contributed by atoms with Crippen molar-refractivity contribution in [3.05, 3.63) is 63.8 Å². The van der Waals surface area contributed by atoms with Crippen LogP contribution in [0.25, 0.3) is 11.0 Å². The van der Waals surface area contributed by atoms with Gasteiger partial charge >= 0.3 is 5.97 Å². The van der Waals surface area contributed by atoms with Crippen LogP contribution in [0.1, 0.15) is 20.9 Å². The van der Waals surface area contributed by atoms with Gasteiger partial charge in [0, 0.05) is 16.0 Å². The highest BCUT2D eigenvalue weighted by molar-refractivity contribution is 6.36. The molecule has 2 N–H and O–H groups in total. The number of rotatable bonds is 3. The summed E-state index contributed by atoms with van der Waals surface area (Å²) in [5.41, 5.74) is 1.05. The Morgan fingerprint density at radius 1 is 1.04 bits per heavy atom. The minimum absolute atomic E-state index is 0.182.